The highest BCUT2D eigenvalue weighted by Gasteiger charge is 2.14. The van der Waals surface area contributed by atoms with E-state index in [1.165, 1.54) is 0 Å². The predicted octanol–water partition coefficient (Wildman–Crippen LogP) is 3.39. The SMILES string of the molecule is Cc1ccccc1NCCC(=O)NC(CCC(=O)O)Cc1ccccc1. The van der Waals surface area contributed by atoms with Gasteiger partial charge in [-0.25, -0.2) is 0 Å². The van der Waals surface area contributed by atoms with Crippen LogP contribution in [0.2, 0.25) is 0 Å². The fourth-order valence-electron chi connectivity index (χ4n) is 2.80. The van der Waals surface area contributed by atoms with Crippen molar-refractivity contribution in [1.82, 2.24) is 5.32 Å². The monoisotopic (exact) mass is 354 g/mol. The molecule has 5 nitrogen and oxygen atoms in total. The van der Waals surface area contributed by atoms with Crippen LogP contribution in [0.5, 0.6) is 0 Å². The fraction of sp³-hybridized carbons (Fsp3) is 0.333. The van der Waals surface area contributed by atoms with Gasteiger partial charge < -0.3 is 15.7 Å². The van der Waals surface area contributed by atoms with Crippen molar-refractivity contribution >= 4 is 17.6 Å². The zero-order valence-corrected chi connectivity index (χ0v) is 15.1. The maximum Gasteiger partial charge on any atom is 0.303 e. The lowest BCUT2D eigenvalue weighted by atomic mass is 10.0. The normalized spacial score (nSPS) is 11.6. The number of nitrogens with one attached hydrogen (secondary N) is 2. The summed E-state index contributed by atoms with van der Waals surface area (Å²) < 4.78 is 0. The zero-order chi connectivity index (χ0) is 18.8. The van der Waals surface area contributed by atoms with E-state index in [0.29, 0.717) is 25.8 Å². The van der Waals surface area contributed by atoms with Crippen LogP contribution < -0.4 is 10.6 Å². The average Bonchev–Trinajstić information content (AvgIpc) is 2.62. The number of hydrogen-bond donors (Lipinski definition) is 3. The summed E-state index contributed by atoms with van der Waals surface area (Å²) in [5.74, 6) is -0.920. The molecule has 3 N–H and O–H groups in total. The Hall–Kier alpha value is -2.82. The number of carbonyl (C=O) groups excluding carboxylic acids is 1. The minimum Gasteiger partial charge on any atom is -0.481 e. The Morgan fingerprint density at radius 3 is 2.38 bits per heavy atom. The first-order valence-corrected chi connectivity index (χ1v) is 8.89. The first-order valence-electron chi connectivity index (χ1n) is 8.89. The third-order valence-corrected chi connectivity index (χ3v) is 4.21. The molecule has 138 valence electrons. The number of aliphatic carboxylic acids is 1. The summed E-state index contributed by atoms with van der Waals surface area (Å²) >= 11 is 0. The predicted molar refractivity (Wildman–Crippen MR) is 103 cm³/mol. The number of benzene rings is 2. The number of carboxylic acid groups (broad SMARTS) is 1. The van der Waals surface area contributed by atoms with Gasteiger partial charge >= 0.3 is 5.97 Å². The van der Waals surface area contributed by atoms with Crippen LogP contribution in [-0.4, -0.2) is 29.6 Å². The zero-order valence-electron chi connectivity index (χ0n) is 15.1. The molecule has 0 spiro atoms. The van der Waals surface area contributed by atoms with E-state index in [0.717, 1.165) is 16.8 Å². The molecule has 0 aliphatic heterocycles. The molecular formula is C21H26N2O3. The molecule has 1 amide bonds. The van der Waals surface area contributed by atoms with Crippen molar-refractivity contribution in [2.24, 2.45) is 0 Å². The van der Waals surface area contributed by atoms with E-state index >= 15 is 0 Å². The number of amides is 1. The molecule has 1 atom stereocenters. The van der Waals surface area contributed by atoms with Gasteiger partial charge in [0.25, 0.3) is 0 Å². The summed E-state index contributed by atoms with van der Waals surface area (Å²) in [6.07, 6.45) is 1.43. The van der Waals surface area contributed by atoms with Crippen molar-refractivity contribution in [2.75, 3.05) is 11.9 Å². The number of anilines is 1. The van der Waals surface area contributed by atoms with Crippen LogP contribution in [0.1, 0.15) is 30.4 Å². The van der Waals surface area contributed by atoms with Crippen LogP contribution in [0.25, 0.3) is 0 Å². The standard InChI is InChI=1S/C21H26N2O3/c1-16-7-5-6-10-19(16)22-14-13-20(24)23-18(11-12-21(25)26)15-17-8-3-2-4-9-17/h2-10,18,22H,11-15H2,1H3,(H,23,24)(H,25,26). The molecule has 1 unspecified atom stereocenters. The Morgan fingerprint density at radius 2 is 1.69 bits per heavy atom. The molecule has 26 heavy (non-hydrogen) atoms. The van der Waals surface area contributed by atoms with Crippen molar-refractivity contribution in [3.05, 3.63) is 65.7 Å². The molecule has 5 heteroatoms. The second-order valence-corrected chi connectivity index (χ2v) is 6.38. The summed E-state index contributed by atoms with van der Waals surface area (Å²) in [6.45, 7) is 2.55. The minimum atomic E-state index is -0.849. The molecule has 2 aromatic carbocycles. The van der Waals surface area contributed by atoms with Gasteiger partial charge in [-0.05, 0) is 37.0 Å². The fourth-order valence-corrected chi connectivity index (χ4v) is 2.80. The molecule has 0 aromatic heterocycles. The van der Waals surface area contributed by atoms with Gasteiger partial charge in [0.15, 0.2) is 0 Å². The van der Waals surface area contributed by atoms with Gasteiger partial charge in [-0.15, -0.1) is 0 Å². The molecule has 0 saturated heterocycles. The van der Waals surface area contributed by atoms with Gasteiger partial charge in [-0.3, -0.25) is 9.59 Å². The summed E-state index contributed by atoms with van der Waals surface area (Å²) in [4.78, 5) is 23.1. The number of rotatable bonds is 10. The quantitative estimate of drug-likeness (QED) is 0.611. The third kappa shape index (κ3) is 6.97. The van der Waals surface area contributed by atoms with Crippen molar-refractivity contribution in [2.45, 2.75) is 38.6 Å². The smallest absolute Gasteiger partial charge is 0.303 e. The first-order chi connectivity index (χ1) is 12.5. The molecular weight excluding hydrogens is 328 g/mol. The van der Waals surface area contributed by atoms with E-state index in [-0.39, 0.29) is 18.4 Å². The number of carboxylic acids is 1. The maximum absolute atomic E-state index is 12.3. The summed E-state index contributed by atoms with van der Waals surface area (Å²) in [6, 6.07) is 17.5. The van der Waals surface area contributed by atoms with E-state index in [4.69, 9.17) is 5.11 Å². The van der Waals surface area contributed by atoms with Crippen LogP contribution in [-0.2, 0) is 16.0 Å². The van der Waals surface area contributed by atoms with E-state index in [1.807, 2.05) is 61.5 Å². The molecule has 0 aliphatic carbocycles. The van der Waals surface area contributed by atoms with Crippen LogP contribution in [0, 0.1) is 6.92 Å². The second-order valence-electron chi connectivity index (χ2n) is 6.38. The van der Waals surface area contributed by atoms with Crippen LogP contribution in [0.3, 0.4) is 0 Å². The molecule has 0 aliphatic rings. The molecule has 2 aromatic rings. The van der Waals surface area contributed by atoms with Gasteiger partial charge in [0, 0.05) is 31.1 Å². The molecule has 0 saturated carbocycles. The largest absolute Gasteiger partial charge is 0.481 e. The Balaban J connectivity index is 1.84. The lowest BCUT2D eigenvalue weighted by Crippen LogP contribution is -2.37. The third-order valence-electron chi connectivity index (χ3n) is 4.21. The lowest BCUT2D eigenvalue weighted by molar-refractivity contribution is -0.137. The highest BCUT2D eigenvalue weighted by molar-refractivity contribution is 5.77. The lowest BCUT2D eigenvalue weighted by Gasteiger charge is -2.18. The van der Waals surface area contributed by atoms with Crippen LogP contribution in [0.15, 0.2) is 54.6 Å². The minimum absolute atomic E-state index is 0.0409. The van der Waals surface area contributed by atoms with E-state index in [9.17, 15) is 9.59 Å². The summed E-state index contributed by atoms with van der Waals surface area (Å²) in [7, 11) is 0. The van der Waals surface area contributed by atoms with Crippen molar-refractivity contribution in [3.63, 3.8) is 0 Å². The van der Waals surface area contributed by atoms with E-state index in [1.54, 1.807) is 0 Å². The Morgan fingerprint density at radius 1 is 1.00 bits per heavy atom. The molecule has 0 heterocycles. The number of aryl methyl sites for hydroxylation is 1. The summed E-state index contributed by atoms with van der Waals surface area (Å²) in [5.41, 5.74) is 3.24. The van der Waals surface area contributed by atoms with Gasteiger partial charge in [0.1, 0.15) is 0 Å². The van der Waals surface area contributed by atoms with Crippen LogP contribution in [0.4, 0.5) is 5.69 Å². The highest BCUT2D eigenvalue weighted by atomic mass is 16.4. The van der Waals surface area contributed by atoms with Gasteiger partial charge in [0.05, 0.1) is 0 Å². The second kappa shape index (κ2) is 10.2. The Labute approximate surface area is 154 Å². The Bertz CT molecular complexity index is 716. The summed E-state index contributed by atoms with van der Waals surface area (Å²) in [5, 5.41) is 15.2. The van der Waals surface area contributed by atoms with Gasteiger partial charge in [-0.2, -0.15) is 0 Å². The number of hydrogen-bond acceptors (Lipinski definition) is 3. The van der Waals surface area contributed by atoms with Crippen molar-refractivity contribution in [1.29, 1.82) is 0 Å². The topological polar surface area (TPSA) is 78.4 Å². The molecule has 0 fully saturated rings. The average molecular weight is 354 g/mol. The molecule has 0 bridgehead atoms. The van der Waals surface area contributed by atoms with E-state index in [2.05, 4.69) is 10.6 Å². The van der Waals surface area contributed by atoms with Crippen molar-refractivity contribution < 1.29 is 14.7 Å². The molecule has 2 rings (SSSR count). The van der Waals surface area contributed by atoms with E-state index < -0.39 is 5.97 Å². The molecule has 0 radical (unpaired) electrons. The van der Waals surface area contributed by atoms with Crippen LogP contribution >= 0.6 is 0 Å². The van der Waals surface area contributed by atoms with Gasteiger partial charge in [0.2, 0.25) is 5.91 Å². The number of carbonyl (C=O) groups is 2. The maximum atomic E-state index is 12.3. The Kier molecular flexibility index (Phi) is 7.68. The first kappa shape index (κ1) is 19.5. The van der Waals surface area contributed by atoms with Crippen molar-refractivity contribution in [3.8, 4) is 0 Å². The highest BCUT2D eigenvalue weighted by Crippen LogP contribution is 2.13. The number of para-hydroxylation sites is 1. The van der Waals surface area contributed by atoms with Gasteiger partial charge in [-0.1, -0.05) is 48.5 Å².